The molecule has 2 amide bonds. The van der Waals surface area contributed by atoms with E-state index in [1.54, 1.807) is 0 Å². The maximum Gasteiger partial charge on any atom is 0.275 e. The van der Waals surface area contributed by atoms with Crippen molar-refractivity contribution in [2.75, 3.05) is 20.1 Å². The monoisotopic (exact) mass is 298 g/mol. The van der Waals surface area contributed by atoms with Crippen LogP contribution in [0.25, 0.3) is 0 Å². The van der Waals surface area contributed by atoms with Gasteiger partial charge in [0.1, 0.15) is 0 Å². The second kappa shape index (κ2) is 8.37. The number of quaternary nitrogens is 1. The van der Waals surface area contributed by atoms with E-state index in [2.05, 4.69) is 24.5 Å². The first kappa shape index (κ1) is 18.0. The Balaban J connectivity index is 2.34. The lowest BCUT2D eigenvalue weighted by atomic mass is 9.78. The molecule has 0 aromatic rings. The molecule has 1 aliphatic rings. The van der Waals surface area contributed by atoms with E-state index in [-0.39, 0.29) is 17.9 Å². The number of hydrogen-bond donors (Lipinski definition) is 3. The molecule has 0 saturated heterocycles. The molecule has 0 aromatic carbocycles. The number of likely N-dealkylation sites (N-methyl/N-ethyl adjacent to an activating group) is 1. The van der Waals surface area contributed by atoms with Crippen LogP contribution >= 0.6 is 0 Å². The van der Waals surface area contributed by atoms with Crippen LogP contribution < -0.4 is 15.5 Å². The lowest BCUT2D eigenvalue weighted by Crippen LogP contribution is -3.11. The topological polar surface area (TPSA) is 62.6 Å². The summed E-state index contributed by atoms with van der Waals surface area (Å²) >= 11 is 0. The maximum atomic E-state index is 12.1. The zero-order chi connectivity index (χ0) is 16.0. The lowest BCUT2D eigenvalue weighted by molar-refractivity contribution is -0.862. The summed E-state index contributed by atoms with van der Waals surface area (Å²) in [5.41, 5.74) is 0. The van der Waals surface area contributed by atoms with Gasteiger partial charge < -0.3 is 15.5 Å². The van der Waals surface area contributed by atoms with E-state index in [0.29, 0.717) is 31.0 Å². The second-order valence-corrected chi connectivity index (χ2v) is 6.97. The average Bonchev–Trinajstić information content (AvgIpc) is 2.33. The van der Waals surface area contributed by atoms with Crippen molar-refractivity contribution in [3.63, 3.8) is 0 Å². The van der Waals surface area contributed by atoms with Crippen molar-refractivity contribution in [1.82, 2.24) is 10.6 Å². The Kier molecular flexibility index (Phi) is 7.15. The van der Waals surface area contributed by atoms with Crippen molar-refractivity contribution in [1.29, 1.82) is 0 Å². The minimum Gasteiger partial charge on any atom is -0.349 e. The van der Waals surface area contributed by atoms with E-state index in [4.69, 9.17) is 0 Å². The lowest BCUT2D eigenvalue weighted by Gasteiger charge is -2.34. The second-order valence-electron chi connectivity index (χ2n) is 6.97. The molecule has 1 rings (SSSR count). The fraction of sp³-hybridized carbons (Fsp3) is 0.875. The van der Waals surface area contributed by atoms with Crippen molar-refractivity contribution in [3.05, 3.63) is 0 Å². The molecule has 5 heteroatoms. The van der Waals surface area contributed by atoms with E-state index in [0.717, 1.165) is 11.3 Å². The van der Waals surface area contributed by atoms with Crippen LogP contribution in [-0.4, -0.2) is 44.0 Å². The highest BCUT2D eigenvalue weighted by Gasteiger charge is 2.28. The highest BCUT2D eigenvalue weighted by molar-refractivity contribution is 5.79. The van der Waals surface area contributed by atoms with Crippen LogP contribution in [0, 0.1) is 11.8 Å². The fourth-order valence-corrected chi connectivity index (χ4v) is 3.03. The molecule has 1 aliphatic carbocycles. The highest BCUT2D eigenvalue weighted by Crippen LogP contribution is 2.29. The molecule has 0 radical (unpaired) electrons. The van der Waals surface area contributed by atoms with Gasteiger partial charge in [0.2, 0.25) is 0 Å². The van der Waals surface area contributed by atoms with Gasteiger partial charge in [-0.1, -0.05) is 26.7 Å². The van der Waals surface area contributed by atoms with Gasteiger partial charge in [0.05, 0.1) is 7.05 Å². The van der Waals surface area contributed by atoms with Crippen molar-refractivity contribution in [2.24, 2.45) is 11.8 Å². The molecule has 1 fully saturated rings. The first-order chi connectivity index (χ1) is 9.79. The third kappa shape index (κ3) is 6.46. The average molecular weight is 298 g/mol. The Labute approximate surface area is 128 Å². The van der Waals surface area contributed by atoms with Crippen molar-refractivity contribution >= 4 is 11.8 Å². The molecule has 1 saturated carbocycles. The summed E-state index contributed by atoms with van der Waals surface area (Å²) in [7, 11) is 1.88. The molecule has 4 atom stereocenters. The van der Waals surface area contributed by atoms with Gasteiger partial charge in [-0.05, 0) is 32.1 Å². The molecule has 122 valence electrons. The van der Waals surface area contributed by atoms with E-state index < -0.39 is 0 Å². The summed E-state index contributed by atoms with van der Waals surface area (Å²) in [6.07, 6.45) is 3.52. The number of nitrogens with one attached hydrogen (secondary N) is 3. The van der Waals surface area contributed by atoms with Gasteiger partial charge >= 0.3 is 0 Å². The van der Waals surface area contributed by atoms with Gasteiger partial charge in [-0.15, -0.1) is 0 Å². The Morgan fingerprint density at radius 2 is 1.76 bits per heavy atom. The summed E-state index contributed by atoms with van der Waals surface area (Å²) in [6.45, 7) is 9.04. The maximum absolute atomic E-state index is 12.1. The van der Waals surface area contributed by atoms with Crippen molar-refractivity contribution in [3.8, 4) is 0 Å². The van der Waals surface area contributed by atoms with Crippen LogP contribution in [0.15, 0.2) is 0 Å². The molecular formula is C16H32N3O2+. The van der Waals surface area contributed by atoms with Crippen LogP contribution in [-0.2, 0) is 9.59 Å². The van der Waals surface area contributed by atoms with Crippen LogP contribution in [0.5, 0.6) is 0 Å². The predicted octanol–water partition coefficient (Wildman–Crippen LogP) is -0.0334. The van der Waals surface area contributed by atoms with Gasteiger partial charge in [-0.25, -0.2) is 0 Å². The van der Waals surface area contributed by atoms with E-state index in [1.807, 2.05) is 20.9 Å². The molecule has 0 spiro atoms. The van der Waals surface area contributed by atoms with E-state index in [1.165, 1.54) is 12.8 Å². The van der Waals surface area contributed by atoms with Crippen LogP contribution in [0.2, 0.25) is 0 Å². The number of amides is 2. The predicted molar refractivity (Wildman–Crippen MR) is 84.0 cm³/mol. The third-order valence-corrected chi connectivity index (χ3v) is 4.43. The summed E-state index contributed by atoms with van der Waals surface area (Å²) in [5.74, 6) is 1.25. The SMILES string of the molecule is CC(C)NC(=O)C[NH+](C)CC(=O)N[C@H]1CCC[C@@H](C)[C@H]1C. The number of carbonyl (C=O) groups excluding carboxylic acids is 2. The summed E-state index contributed by atoms with van der Waals surface area (Å²) in [4.78, 5) is 24.7. The molecule has 1 unspecified atom stereocenters. The van der Waals surface area contributed by atoms with Crippen LogP contribution in [0.1, 0.15) is 47.0 Å². The van der Waals surface area contributed by atoms with Gasteiger partial charge in [0, 0.05) is 12.1 Å². The quantitative estimate of drug-likeness (QED) is 0.645. The van der Waals surface area contributed by atoms with Gasteiger partial charge in [-0.2, -0.15) is 0 Å². The Hall–Kier alpha value is -1.10. The summed E-state index contributed by atoms with van der Waals surface area (Å²) in [5, 5.41) is 6.00. The Morgan fingerprint density at radius 3 is 2.38 bits per heavy atom. The standard InChI is InChI=1S/C16H31N3O2/c1-11(2)17-15(20)9-19(5)10-16(21)18-14-8-6-7-12(3)13(14)4/h11-14H,6-10H2,1-5H3,(H,17,20)(H,18,21)/p+1/t12-,13-,14+/m1/s1. The first-order valence-corrected chi connectivity index (χ1v) is 8.19. The minimum atomic E-state index is -0.00467. The molecule has 0 heterocycles. The number of hydrogen-bond acceptors (Lipinski definition) is 2. The first-order valence-electron chi connectivity index (χ1n) is 8.19. The van der Waals surface area contributed by atoms with Gasteiger partial charge in [0.25, 0.3) is 11.8 Å². The molecule has 0 aliphatic heterocycles. The Morgan fingerprint density at radius 1 is 1.14 bits per heavy atom. The number of rotatable bonds is 6. The molecular weight excluding hydrogens is 266 g/mol. The smallest absolute Gasteiger partial charge is 0.275 e. The van der Waals surface area contributed by atoms with E-state index >= 15 is 0 Å². The number of carbonyl (C=O) groups is 2. The highest BCUT2D eigenvalue weighted by atomic mass is 16.2. The summed E-state index contributed by atoms with van der Waals surface area (Å²) in [6, 6.07) is 0.433. The van der Waals surface area contributed by atoms with Crippen molar-refractivity contribution in [2.45, 2.75) is 59.0 Å². The zero-order valence-corrected chi connectivity index (χ0v) is 14.2. The molecule has 21 heavy (non-hydrogen) atoms. The zero-order valence-electron chi connectivity index (χ0n) is 14.2. The Bertz CT molecular complexity index is 357. The summed E-state index contributed by atoms with van der Waals surface area (Å²) < 4.78 is 0. The molecule has 5 nitrogen and oxygen atoms in total. The molecule has 0 aromatic heterocycles. The molecule has 3 N–H and O–H groups in total. The largest absolute Gasteiger partial charge is 0.349 e. The molecule has 0 bridgehead atoms. The minimum absolute atomic E-state index is 0.00467. The fourth-order valence-electron chi connectivity index (χ4n) is 3.03. The van der Waals surface area contributed by atoms with Gasteiger partial charge in [0.15, 0.2) is 13.1 Å². The van der Waals surface area contributed by atoms with Crippen LogP contribution in [0.4, 0.5) is 0 Å². The van der Waals surface area contributed by atoms with Crippen molar-refractivity contribution < 1.29 is 14.5 Å². The third-order valence-electron chi connectivity index (χ3n) is 4.43. The van der Waals surface area contributed by atoms with Crippen LogP contribution in [0.3, 0.4) is 0 Å². The van der Waals surface area contributed by atoms with E-state index in [9.17, 15) is 9.59 Å². The normalized spacial score (nSPS) is 27.2. The van der Waals surface area contributed by atoms with Gasteiger partial charge in [-0.3, -0.25) is 9.59 Å².